The summed E-state index contributed by atoms with van der Waals surface area (Å²) in [5.74, 6) is 0.118. The third-order valence-electron chi connectivity index (χ3n) is 3.02. The van der Waals surface area contributed by atoms with E-state index < -0.39 is 6.04 Å². The van der Waals surface area contributed by atoms with Crippen LogP contribution in [0.15, 0.2) is 24.4 Å². The Balaban J connectivity index is 2.61. The van der Waals surface area contributed by atoms with Crippen molar-refractivity contribution in [2.24, 2.45) is 7.05 Å². The van der Waals surface area contributed by atoms with Crippen LogP contribution in [0.3, 0.4) is 0 Å². The number of halogens is 2. The van der Waals surface area contributed by atoms with Gasteiger partial charge in [0, 0.05) is 7.05 Å². The SMILES string of the molecule is CNC(c1c(F)cccc1OC)c1c(Cl)cnn1C. The number of nitrogens with one attached hydrogen (secondary N) is 1. The van der Waals surface area contributed by atoms with Crippen LogP contribution in [-0.2, 0) is 7.05 Å². The van der Waals surface area contributed by atoms with Crippen LogP contribution in [0.4, 0.5) is 4.39 Å². The van der Waals surface area contributed by atoms with E-state index in [1.165, 1.54) is 19.4 Å². The third kappa shape index (κ3) is 2.43. The van der Waals surface area contributed by atoms with E-state index in [4.69, 9.17) is 16.3 Å². The molecule has 0 amide bonds. The molecule has 0 aliphatic carbocycles. The number of hydrogen-bond acceptors (Lipinski definition) is 3. The minimum Gasteiger partial charge on any atom is -0.496 e. The topological polar surface area (TPSA) is 39.1 Å². The summed E-state index contributed by atoms with van der Waals surface area (Å²) in [7, 11) is 5.01. The van der Waals surface area contributed by atoms with Gasteiger partial charge in [-0.3, -0.25) is 4.68 Å². The van der Waals surface area contributed by atoms with Crippen molar-refractivity contribution >= 4 is 11.6 Å². The molecule has 0 aliphatic rings. The van der Waals surface area contributed by atoms with Crippen molar-refractivity contribution in [1.82, 2.24) is 15.1 Å². The molecule has 0 bridgehead atoms. The summed E-state index contributed by atoms with van der Waals surface area (Å²) in [6.07, 6.45) is 1.54. The van der Waals surface area contributed by atoms with Gasteiger partial charge in [0.15, 0.2) is 0 Å². The molecule has 0 aliphatic heterocycles. The van der Waals surface area contributed by atoms with Gasteiger partial charge in [-0.2, -0.15) is 5.10 Å². The number of methoxy groups -OCH3 is 1. The number of ether oxygens (including phenoxy) is 1. The monoisotopic (exact) mass is 283 g/mol. The molecule has 0 spiro atoms. The lowest BCUT2D eigenvalue weighted by Gasteiger charge is -2.20. The fraction of sp³-hybridized carbons (Fsp3) is 0.308. The highest BCUT2D eigenvalue weighted by molar-refractivity contribution is 6.31. The van der Waals surface area contributed by atoms with Gasteiger partial charge in [-0.15, -0.1) is 0 Å². The first-order chi connectivity index (χ1) is 9.10. The second kappa shape index (κ2) is 5.59. The Hall–Kier alpha value is -1.59. The van der Waals surface area contributed by atoms with Gasteiger partial charge in [0.25, 0.3) is 0 Å². The van der Waals surface area contributed by atoms with Crippen molar-refractivity contribution in [2.75, 3.05) is 14.2 Å². The van der Waals surface area contributed by atoms with E-state index in [1.807, 2.05) is 0 Å². The van der Waals surface area contributed by atoms with E-state index >= 15 is 0 Å². The van der Waals surface area contributed by atoms with Crippen molar-refractivity contribution in [3.05, 3.63) is 46.5 Å². The van der Waals surface area contributed by atoms with Gasteiger partial charge < -0.3 is 10.1 Å². The molecule has 0 radical (unpaired) electrons. The molecule has 6 heteroatoms. The number of aromatic nitrogens is 2. The van der Waals surface area contributed by atoms with Crippen LogP contribution in [-0.4, -0.2) is 23.9 Å². The Bertz CT molecular complexity index is 566. The zero-order valence-corrected chi connectivity index (χ0v) is 11.7. The molecule has 0 saturated carbocycles. The second-order valence-corrected chi connectivity index (χ2v) is 4.49. The Labute approximate surface area is 116 Å². The van der Waals surface area contributed by atoms with E-state index in [1.54, 1.807) is 30.9 Å². The van der Waals surface area contributed by atoms with E-state index in [0.717, 1.165) is 0 Å². The molecule has 1 aromatic carbocycles. The molecule has 0 saturated heterocycles. The Morgan fingerprint density at radius 1 is 1.47 bits per heavy atom. The minimum absolute atomic E-state index is 0.351. The summed E-state index contributed by atoms with van der Waals surface area (Å²) in [6, 6.07) is 4.28. The third-order valence-corrected chi connectivity index (χ3v) is 3.31. The average molecular weight is 284 g/mol. The predicted molar refractivity (Wildman–Crippen MR) is 72.1 cm³/mol. The van der Waals surface area contributed by atoms with Crippen molar-refractivity contribution in [3.63, 3.8) is 0 Å². The van der Waals surface area contributed by atoms with Crippen LogP contribution in [0.2, 0.25) is 5.02 Å². The summed E-state index contributed by atoms with van der Waals surface area (Å²) in [6.45, 7) is 0. The average Bonchev–Trinajstić information content (AvgIpc) is 2.73. The van der Waals surface area contributed by atoms with E-state index in [9.17, 15) is 4.39 Å². The molecule has 1 aromatic heterocycles. The van der Waals surface area contributed by atoms with Crippen LogP contribution >= 0.6 is 11.6 Å². The number of benzene rings is 1. The number of nitrogens with zero attached hydrogens (tertiary/aromatic N) is 2. The van der Waals surface area contributed by atoms with Gasteiger partial charge >= 0.3 is 0 Å². The summed E-state index contributed by atoms with van der Waals surface area (Å²) in [5, 5.41) is 7.61. The maximum Gasteiger partial charge on any atom is 0.132 e. The van der Waals surface area contributed by atoms with Crippen molar-refractivity contribution < 1.29 is 9.13 Å². The minimum atomic E-state index is -0.434. The molecule has 4 nitrogen and oxygen atoms in total. The quantitative estimate of drug-likeness (QED) is 0.937. The molecule has 1 N–H and O–H groups in total. The largest absolute Gasteiger partial charge is 0.496 e. The lowest BCUT2D eigenvalue weighted by molar-refractivity contribution is 0.397. The Morgan fingerprint density at radius 3 is 2.74 bits per heavy atom. The van der Waals surface area contributed by atoms with Crippen LogP contribution in [0.1, 0.15) is 17.3 Å². The normalized spacial score (nSPS) is 12.5. The molecular formula is C13H15ClFN3O. The van der Waals surface area contributed by atoms with Crippen LogP contribution in [0.5, 0.6) is 5.75 Å². The molecule has 1 heterocycles. The molecule has 102 valence electrons. The summed E-state index contributed by atoms with van der Waals surface area (Å²) in [5.41, 5.74) is 1.10. The fourth-order valence-electron chi connectivity index (χ4n) is 2.14. The van der Waals surface area contributed by atoms with Crippen molar-refractivity contribution in [2.45, 2.75) is 6.04 Å². The standard InChI is InChI=1S/C13H15ClFN3O/c1-16-12(13-8(14)7-17-18(13)2)11-9(15)5-4-6-10(11)19-3/h4-7,12,16H,1-3H3. The van der Waals surface area contributed by atoms with Crippen LogP contribution in [0.25, 0.3) is 0 Å². The first-order valence-corrected chi connectivity index (χ1v) is 6.15. The maximum absolute atomic E-state index is 14.1. The van der Waals surface area contributed by atoms with Gasteiger partial charge in [-0.05, 0) is 19.2 Å². The van der Waals surface area contributed by atoms with Crippen LogP contribution in [0, 0.1) is 5.82 Å². The Kier molecular flexibility index (Phi) is 4.07. The molecular weight excluding hydrogens is 269 g/mol. The van der Waals surface area contributed by atoms with Gasteiger partial charge in [0.2, 0.25) is 0 Å². The zero-order valence-electron chi connectivity index (χ0n) is 10.9. The maximum atomic E-state index is 14.1. The van der Waals surface area contributed by atoms with Gasteiger partial charge in [0.1, 0.15) is 11.6 Å². The molecule has 1 unspecified atom stereocenters. The first-order valence-electron chi connectivity index (χ1n) is 5.77. The Morgan fingerprint density at radius 2 is 2.21 bits per heavy atom. The van der Waals surface area contributed by atoms with E-state index in [0.29, 0.717) is 22.0 Å². The number of hydrogen-bond donors (Lipinski definition) is 1. The number of aryl methyl sites for hydroxylation is 1. The zero-order chi connectivity index (χ0) is 14.0. The smallest absolute Gasteiger partial charge is 0.132 e. The summed E-state index contributed by atoms with van der Waals surface area (Å²) >= 11 is 6.13. The van der Waals surface area contributed by atoms with Crippen LogP contribution < -0.4 is 10.1 Å². The fourth-order valence-corrected chi connectivity index (χ4v) is 2.41. The highest BCUT2D eigenvalue weighted by Crippen LogP contribution is 2.34. The van der Waals surface area contributed by atoms with Crippen molar-refractivity contribution in [3.8, 4) is 5.75 Å². The summed E-state index contributed by atoms with van der Waals surface area (Å²) in [4.78, 5) is 0. The first kappa shape index (κ1) is 13.8. The molecule has 2 aromatic rings. The van der Waals surface area contributed by atoms with Gasteiger partial charge in [-0.1, -0.05) is 17.7 Å². The summed E-state index contributed by atoms with van der Waals surface area (Å²) < 4.78 is 21.0. The van der Waals surface area contributed by atoms with E-state index in [2.05, 4.69) is 10.4 Å². The highest BCUT2D eigenvalue weighted by atomic mass is 35.5. The molecule has 0 fully saturated rings. The second-order valence-electron chi connectivity index (χ2n) is 4.08. The van der Waals surface area contributed by atoms with E-state index in [-0.39, 0.29) is 5.82 Å². The van der Waals surface area contributed by atoms with Crippen molar-refractivity contribution in [1.29, 1.82) is 0 Å². The molecule has 1 atom stereocenters. The van der Waals surface area contributed by atoms with Gasteiger partial charge in [0.05, 0.1) is 35.6 Å². The molecule has 2 rings (SSSR count). The lowest BCUT2D eigenvalue weighted by Crippen LogP contribution is -2.22. The highest BCUT2D eigenvalue weighted by Gasteiger charge is 2.25. The number of rotatable bonds is 4. The molecule has 19 heavy (non-hydrogen) atoms. The lowest BCUT2D eigenvalue weighted by atomic mass is 10.0. The van der Waals surface area contributed by atoms with Gasteiger partial charge in [-0.25, -0.2) is 4.39 Å². The predicted octanol–water partition coefficient (Wildman–Crippen LogP) is 2.53.